The first kappa shape index (κ1) is 26.2. The third-order valence-corrected chi connectivity index (χ3v) is 6.71. The average molecular weight is 500 g/mol. The first-order valence-corrected chi connectivity index (χ1v) is 13.1. The molecule has 0 spiro atoms. The highest BCUT2D eigenvalue weighted by atomic mass is 32.2. The van der Waals surface area contributed by atoms with Crippen molar-refractivity contribution in [1.82, 2.24) is 10.2 Å². The molecule has 3 rings (SSSR count). The minimum atomic E-state index is -3.85. The smallest absolute Gasteiger partial charge is 0.244 e. The minimum Gasteiger partial charge on any atom is -0.352 e. The van der Waals surface area contributed by atoms with Crippen molar-refractivity contribution in [2.75, 3.05) is 17.1 Å². The van der Waals surface area contributed by atoms with Gasteiger partial charge in [-0.2, -0.15) is 0 Å². The van der Waals surface area contributed by atoms with Crippen LogP contribution < -0.4 is 9.62 Å². The lowest BCUT2D eigenvalue weighted by Crippen LogP contribution is -2.52. The predicted octanol–water partition coefficient (Wildman–Crippen LogP) is 3.69. The van der Waals surface area contributed by atoms with Crippen LogP contribution in [0.1, 0.15) is 26.3 Å². The Morgan fingerprint density at radius 3 is 2.20 bits per heavy atom. The fourth-order valence-corrected chi connectivity index (χ4v) is 4.66. The van der Waals surface area contributed by atoms with E-state index in [9.17, 15) is 22.4 Å². The molecule has 7 nitrogen and oxygen atoms in total. The molecule has 9 heteroatoms. The zero-order valence-corrected chi connectivity index (χ0v) is 21.0. The molecule has 0 radical (unpaired) electrons. The SMILES string of the molecule is CC(C)NC(=O)C(C)N(Cc1ccc(F)cc1)C(=O)CN(c1cccc2ccccc12)S(C)(=O)=O. The van der Waals surface area contributed by atoms with Crippen LogP contribution in [0.4, 0.5) is 10.1 Å². The second kappa shape index (κ2) is 10.9. The van der Waals surface area contributed by atoms with Crippen LogP contribution in [0.15, 0.2) is 66.7 Å². The van der Waals surface area contributed by atoms with Gasteiger partial charge in [0.2, 0.25) is 21.8 Å². The largest absolute Gasteiger partial charge is 0.352 e. The molecule has 0 bridgehead atoms. The quantitative estimate of drug-likeness (QED) is 0.487. The molecule has 0 aliphatic heterocycles. The predicted molar refractivity (Wildman–Crippen MR) is 136 cm³/mol. The van der Waals surface area contributed by atoms with Crippen LogP contribution in [0.2, 0.25) is 0 Å². The first-order chi connectivity index (χ1) is 16.5. The Morgan fingerprint density at radius 2 is 1.57 bits per heavy atom. The summed E-state index contributed by atoms with van der Waals surface area (Å²) in [5, 5.41) is 4.30. The Balaban J connectivity index is 1.99. The molecule has 186 valence electrons. The number of carbonyl (C=O) groups is 2. The van der Waals surface area contributed by atoms with Crippen molar-refractivity contribution in [3.63, 3.8) is 0 Å². The lowest BCUT2D eigenvalue weighted by Gasteiger charge is -2.32. The van der Waals surface area contributed by atoms with Gasteiger partial charge in [-0.1, -0.05) is 48.5 Å². The number of nitrogens with zero attached hydrogens (tertiary/aromatic N) is 2. The molecule has 0 fully saturated rings. The summed E-state index contributed by atoms with van der Waals surface area (Å²) in [6, 6.07) is 17.1. The van der Waals surface area contributed by atoms with Gasteiger partial charge >= 0.3 is 0 Å². The zero-order chi connectivity index (χ0) is 25.8. The third-order valence-electron chi connectivity index (χ3n) is 5.58. The van der Waals surface area contributed by atoms with Crippen molar-refractivity contribution in [1.29, 1.82) is 0 Å². The van der Waals surface area contributed by atoms with Crippen molar-refractivity contribution in [3.05, 3.63) is 78.1 Å². The topological polar surface area (TPSA) is 86.8 Å². The van der Waals surface area contributed by atoms with Crippen LogP contribution >= 0.6 is 0 Å². The van der Waals surface area contributed by atoms with Gasteiger partial charge in [0.15, 0.2) is 0 Å². The average Bonchev–Trinajstić information content (AvgIpc) is 2.80. The molecule has 0 aliphatic carbocycles. The Labute approximate surface area is 205 Å². The van der Waals surface area contributed by atoms with Gasteiger partial charge in [-0.25, -0.2) is 12.8 Å². The number of hydrogen-bond acceptors (Lipinski definition) is 4. The lowest BCUT2D eigenvalue weighted by atomic mass is 10.1. The number of rotatable bonds is 9. The van der Waals surface area contributed by atoms with Crippen LogP contribution in [-0.2, 0) is 26.2 Å². The second-order valence-electron chi connectivity index (χ2n) is 8.76. The van der Waals surface area contributed by atoms with Gasteiger partial charge in [0.25, 0.3) is 0 Å². The Bertz CT molecular complexity index is 1300. The van der Waals surface area contributed by atoms with E-state index in [1.165, 1.54) is 29.2 Å². The number of amides is 2. The van der Waals surface area contributed by atoms with E-state index in [4.69, 9.17) is 0 Å². The molecule has 3 aromatic rings. The third kappa shape index (κ3) is 6.57. The van der Waals surface area contributed by atoms with E-state index in [1.54, 1.807) is 31.2 Å². The molecule has 0 aromatic heterocycles. The number of benzene rings is 3. The maximum Gasteiger partial charge on any atom is 0.244 e. The van der Waals surface area contributed by atoms with E-state index in [0.717, 1.165) is 15.9 Å². The van der Waals surface area contributed by atoms with Gasteiger partial charge in [-0.3, -0.25) is 13.9 Å². The molecular formula is C26H30FN3O4S. The summed E-state index contributed by atoms with van der Waals surface area (Å²) in [4.78, 5) is 27.7. The van der Waals surface area contributed by atoms with Crippen molar-refractivity contribution in [2.24, 2.45) is 0 Å². The molecule has 1 unspecified atom stereocenters. The van der Waals surface area contributed by atoms with Crippen LogP contribution in [0.25, 0.3) is 10.8 Å². The van der Waals surface area contributed by atoms with E-state index >= 15 is 0 Å². The van der Waals surface area contributed by atoms with Crippen molar-refractivity contribution in [3.8, 4) is 0 Å². The number of nitrogens with one attached hydrogen (secondary N) is 1. The standard InChI is InChI=1S/C26H30FN3O4S/c1-18(2)28-26(32)19(3)29(16-20-12-14-22(27)15-13-20)25(31)17-30(35(4,33)34)24-11-7-9-21-8-5-6-10-23(21)24/h5-15,18-19H,16-17H2,1-4H3,(H,28,32). The molecule has 0 saturated heterocycles. The van der Waals surface area contributed by atoms with Crippen LogP contribution in [-0.4, -0.2) is 50.0 Å². The summed E-state index contributed by atoms with van der Waals surface area (Å²) in [7, 11) is -3.85. The number of sulfonamides is 1. The van der Waals surface area contributed by atoms with Crippen molar-refractivity contribution < 1.29 is 22.4 Å². The summed E-state index contributed by atoms with van der Waals surface area (Å²) in [5.74, 6) is -1.35. The van der Waals surface area contributed by atoms with Gasteiger partial charge in [0, 0.05) is 18.0 Å². The summed E-state index contributed by atoms with van der Waals surface area (Å²) < 4.78 is 40.1. The number of anilines is 1. The molecule has 1 N–H and O–H groups in total. The van der Waals surface area contributed by atoms with Crippen LogP contribution in [0, 0.1) is 5.82 Å². The Morgan fingerprint density at radius 1 is 0.943 bits per heavy atom. The van der Waals surface area contributed by atoms with Gasteiger partial charge in [-0.05, 0) is 49.9 Å². The molecule has 35 heavy (non-hydrogen) atoms. The fourth-order valence-electron chi connectivity index (χ4n) is 3.79. The second-order valence-corrected chi connectivity index (χ2v) is 10.7. The lowest BCUT2D eigenvalue weighted by molar-refractivity contribution is -0.139. The Hall–Kier alpha value is -3.46. The van der Waals surface area contributed by atoms with E-state index in [1.807, 2.05) is 32.0 Å². The van der Waals surface area contributed by atoms with Crippen LogP contribution in [0.3, 0.4) is 0 Å². The maximum absolute atomic E-state index is 13.6. The van der Waals surface area contributed by atoms with Gasteiger partial charge in [0.1, 0.15) is 18.4 Å². The van der Waals surface area contributed by atoms with E-state index < -0.39 is 34.3 Å². The number of halogens is 1. The highest BCUT2D eigenvalue weighted by Crippen LogP contribution is 2.28. The molecule has 1 atom stereocenters. The monoisotopic (exact) mass is 499 g/mol. The highest BCUT2D eigenvalue weighted by molar-refractivity contribution is 7.92. The van der Waals surface area contributed by atoms with E-state index in [0.29, 0.717) is 16.6 Å². The maximum atomic E-state index is 13.6. The van der Waals surface area contributed by atoms with Gasteiger partial charge < -0.3 is 10.2 Å². The highest BCUT2D eigenvalue weighted by Gasteiger charge is 2.30. The van der Waals surface area contributed by atoms with Crippen molar-refractivity contribution in [2.45, 2.75) is 39.4 Å². The summed E-state index contributed by atoms with van der Waals surface area (Å²) in [5.41, 5.74) is 0.986. The molecule has 0 saturated carbocycles. The molecule has 0 heterocycles. The summed E-state index contributed by atoms with van der Waals surface area (Å²) in [6.45, 7) is 4.72. The van der Waals surface area contributed by atoms with E-state index in [-0.39, 0.29) is 18.5 Å². The van der Waals surface area contributed by atoms with Gasteiger partial charge in [-0.15, -0.1) is 0 Å². The summed E-state index contributed by atoms with van der Waals surface area (Å²) in [6.07, 6.45) is 1.04. The minimum absolute atomic E-state index is 0.0128. The van der Waals surface area contributed by atoms with Crippen molar-refractivity contribution >= 4 is 38.3 Å². The molecular weight excluding hydrogens is 469 g/mol. The number of fused-ring (bicyclic) bond motifs is 1. The number of hydrogen-bond donors (Lipinski definition) is 1. The summed E-state index contributed by atoms with van der Waals surface area (Å²) >= 11 is 0. The molecule has 2 amide bonds. The molecule has 3 aromatic carbocycles. The number of carbonyl (C=O) groups excluding carboxylic acids is 2. The van der Waals surface area contributed by atoms with E-state index in [2.05, 4.69) is 5.32 Å². The fraction of sp³-hybridized carbons (Fsp3) is 0.308. The zero-order valence-electron chi connectivity index (χ0n) is 20.2. The van der Waals surface area contributed by atoms with Crippen LogP contribution in [0.5, 0.6) is 0 Å². The Kier molecular flexibility index (Phi) is 8.11. The first-order valence-electron chi connectivity index (χ1n) is 11.3. The molecule has 0 aliphatic rings. The normalized spacial score (nSPS) is 12.4. The van der Waals surface area contributed by atoms with Gasteiger partial charge in [0.05, 0.1) is 11.9 Å².